The number of aryl methyl sites for hydroxylation is 2. The van der Waals surface area contributed by atoms with Crippen LogP contribution >= 0.6 is 0 Å². The summed E-state index contributed by atoms with van der Waals surface area (Å²) in [5, 5.41) is 4.50. The lowest BCUT2D eigenvalue weighted by Gasteiger charge is -2.24. The highest BCUT2D eigenvalue weighted by Crippen LogP contribution is 2.23. The summed E-state index contributed by atoms with van der Waals surface area (Å²) >= 11 is 0. The number of hydrogen-bond acceptors (Lipinski definition) is 4. The monoisotopic (exact) mass is 300 g/mol. The summed E-state index contributed by atoms with van der Waals surface area (Å²) in [7, 11) is 1.72. The van der Waals surface area contributed by atoms with E-state index in [1.54, 1.807) is 7.11 Å². The molecule has 1 aliphatic rings. The molecule has 1 atom stereocenters. The van der Waals surface area contributed by atoms with Crippen molar-refractivity contribution >= 4 is 0 Å². The third kappa shape index (κ3) is 3.30. The first kappa shape index (κ1) is 15.0. The average molecular weight is 300 g/mol. The maximum absolute atomic E-state index is 5.32. The summed E-state index contributed by atoms with van der Waals surface area (Å²) in [6.07, 6.45) is 2.48. The maximum Gasteiger partial charge on any atom is 0.147 e. The van der Waals surface area contributed by atoms with Gasteiger partial charge in [0.1, 0.15) is 17.4 Å². The van der Waals surface area contributed by atoms with E-state index >= 15 is 0 Å². The molecule has 1 aromatic carbocycles. The zero-order valence-corrected chi connectivity index (χ0v) is 13.6. The van der Waals surface area contributed by atoms with Crippen LogP contribution in [0.2, 0.25) is 0 Å². The predicted octanol–water partition coefficient (Wildman–Crippen LogP) is 2.57. The predicted molar refractivity (Wildman–Crippen MR) is 85.9 cm³/mol. The molecule has 1 saturated heterocycles. The zero-order valence-electron chi connectivity index (χ0n) is 13.6. The fourth-order valence-corrected chi connectivity index (χ4v) is 3.25. The van der Waals surface area contributed by atoms with E-state index in [0.29, 0.717) is 6.04 Å². The van der Waals surface area contributed by atoms with Crippen LogP contribution in [0.4, 0.5) is 0 Å². The number of likely N-dealkylation sites (tertiary alicyclic amines) is 1. The molecule has 1 aromatic heterocycles. The molecule has 0 bridgehead atoms. The standard InChI is InChI=1S/C17H24N4O/c1-13-18-14(2)21(19-13)12-16-7-5-9-20(16)11-15-6-4-8-17(10-15)22-3/h4,6,8,10,16H,5,7,9,11-12H2,1-3H3/t16-/m1/s1. The van der Waals surface area contributed by atoms with Crippen LogP contribution in [-0.2, 0) is 13.1 Å². The minimum Gasteiger partial charge on any atom is -0.497 e. The lowest BCUT2D eigenvalue weighted by atomic mass is 10.1. The Labute approximate surface area is 131 Å². The van der Waals surface area contributed by atoms with Gasteiger partial charge < -0.3 is 4.74 Å². The van der Waals surface area contributed by atoms with Crippen molar-refractivity contribution in [1.29, 1.82) is 0 Å². The molecule has 0 amide bonds. The molecular formula is C17H24N4O. The Bertz CT molecular complexity index is 637. The second kappa shape index (κ2) is 6.48. The summed E-state index contributed by atoms with van der Waals surface area (Å²) in [6.45, 7) is 7.02. The first-order valence-electron chi connectivity index (χ1n) is 7.91. The van der Waals surface area contributed by atoms with Gasteiger partial charge in [0.2, 0.25) is 0 Å². The van der Waals surface area contributed by atoms with E-state index in [-0.39, 0.29) is 0 Å². The van der Waals surface area contributed by atoms with Crippen molar-refractivity contribution in [1.82, 2.24) is 19.7 Å². The Hall–Kier alpha value is -1.88. The average Bonchev–Trinajstić information content (AvgIpc) is 3.06. The van der Waals surface area contributed by atoms with E-state index < -0.39 is 0 Å². The van der Waals surface area contributed by atoms with Crippen LogP contribution in [0.3, 0.4) is 0 Å². The molecule has 0 radical (unpaired) electrons. The van der Waals surface area contributed by atoms with Crippen LogP contribution < -0.4 is 4.74 Å². The fourth-order valence-electron chi connectivity index (χ4n) is 3.25. The second-order valence-corrected chi connectivity index (χ2v) is 6.01. The van der Waals surface area contributed by atoms with Gasteiger partial charge in [0, 0.05) is 12.6 Å². The first-order valence-corrected chi connectivity index (χ1v) is 7.91. The summed E-state index contributed by atoms with van der Waals surface area (Å²) in [5.41, 5.74) is 1.30. The lowest BCUT2D eigenvalue weighted by Crippen LogP contribution is -2.33. The maximum atomic E-state index is 5.32. The largest absolute Gasteiger partial charge is 0.497 e. The molecule has 1 fully saturated rings. The molecule has 2 heterocycles. The molecule has 5 heteroatoms. The molecule has 118 valence electrons. The highest BCUT2D eigenvalue weighted by atomic mass is 16.5. The van der Waals surface area contributed by atoms with Gasteiger partial charge in [-0.1, -0.05) is 12.1 Å². The van der Waals surface area contributed by atoms with Gasteiger partial charge in [-0.25, -0.2) is 9.67 Å². The number of ether oxygens (including phenoxy) is 1. The number of methoxy groups -OCH3 is 1. The van der Waals surface area contributed by atoms with E-state index in [1.807, 2.05) is 24.6 Å². The van der Waals surface area contributed by atoms with Gasteiger partial charge in [-0.15, -0.1) is 0 Å². The Morgan fingerprint density at radius 3 is 2.91 bits per heavy atom. The highest BCUT2D eigenvalue weighted by Gasteiger charge is 2.25. The summed E-state index contributed by atoms with van der Waals surface area (Å²) in [6, 6.07) is 8.88. The molecule has 0 unspecified atom stereocenters. The number of aromatic nitrogens is 3. The molecule has 0 saturated carbocycles. The minimum atomic E-state index is 0.533. The molecule has 0 N–H and O–H groups in total. The van der Waals surface area contributed by atoms with E-state index in [1.165, 1.54) is 18.4 Å². The van der Waals surface area contributed by atoms with Crippen molar-refractivity contribution in [2.75, 3.05) is 13.7 Å². The SMILES string of the molecule is COc1cccc(CN2CCC[C@@H]2Cn2nc(C)nc2C)c1. The lowest BCUT2D eigenvalue weighted by molar-refractivity contribution is 0.217. The van der Waals surface area contributed by atoms with Crippen LogP contribution in [0.15, 0.2) is 24.3 Å². The number of benzene rings is 1. The van der Waals surface area contributed by atoms with Crippen molar-refractivity contribution in [2.24, 2.45) is 0 Å². The van der Waals surface area contributed by atoms with Crippen LogP contribution in [0.5, 0.6) is 5.75 Å². The van der Waals surface area contributed by atoms with Gasteiger partial charge in [-0.05, 0) is 50.9 Å². The van der Waals surface area contributed by atoms with Gasteiger partial charge in [0.05, 0.1) is 13.7 Å². The second-order valence-electron chi connectivity index (χ2n) is 6.01. The first-order chi connectivity index (χ1) is 10.7. The molecule has 0 spiro atoms. The molecule has 3 rings (SSSR count). The van der Waals surface area contributed by atoms with Gasteiger partial charge in [0.15, 0.2) is 0 Å². The minimum absolute atomic E-state index is 0.533. The van der Waals surface area contributed by atoms with Crippen LogP contribution in [0, 0.1) is 13.8 Å². The van der Waals surface area contributed by atoms with Crippen LogP contribution in [-0.4, -0.2) is 39.4 Å². The summed E-state index contributed by atoms with van der Waals surface area (Å²) < 4.78 is 7.36. The number of rotatable bonds is 5. The normalized spacial score (nSPS) is 18.8. The summed E-state index contributed by atoms with van der Waals surface area (Å²) in [5.74, 6) is 2.79. The molecule has 22 heavy (non-hydrogen) atoms. The van der Waals surface area contributed by atoms with Crippen LogP contribution in [0.1, 0.15) is 30.1 Å². The Kier molecular flexibility index (Phi) is 4.43. The van der Waals surface area contributed by atoms with Gasteiger partial charge >= 0.3 is 0 Å². The molecule has 2 aromatic rings. The van der Waals surface area contributed by atoms with E-state index in [0.717, 1.165) is 37.0 Å². The summed E-state index contributed by atoms with van der Waals surface area (Å²) in [4.78, 5) is 6.95. The van der Waals surface area contributed by atoms with Crippen molar-refractivity contribution in [3.05, 3.63) is 41.5 Å². The fraction of sp³-hybridized carbons (Fsp3) is 0.529. The van der Waals surface area contributed by atoms with Crippen molar-refractivity contribution in [3.8, 4) is 5.75 Å². The Morgan fingerprint density at radius 2 is 2.18 bits per heavy atom. The van der Waals surface area contributed by atoms with Gasteiger partial charge in [0.25, 0.3) is 0 Å². The third-order valence-electron chi connectivity index (χ3n) is 4.37. The molecule has 1 aliphatic heterocycles. The van der Waals surface area contributed by atoms with Crippen molar-refractivity contribution < 1.29 is 4.74 Å². The smallest absolute Gasteiger partial charge is 0.147 e. The van der Waals surface area contributed by atoms with Gasteiger partial charge in [-0.2, -0.15) is 5.10 Å². The highest BCUT2D eigenvalue weighted by molar-refractivity contribution is 5.28. The topological polar surface area (TPSA) is 43.2 Å². The van der Waals surface area contributed by atoms with E-state index in [9.17, 15) is 0 Å². The quantitative estimate of drug-likeness (QED) is 0.851. The van der Waals surface area contributed by atoms with Gasteiger partial charge in [-0.3, -0.25) is 4.90 Å². The molecular weight excluding hydrogens is 276 g/mol. The van der Waals surface area contributed by atoms with Crippen molar-refractivity contribution in [2.45, 2.75) is 45.8 Å². The van der Waals surface area contributed by atoms with E-state index in [2.05, 4.69) is 33.2 Å². The Balaban J connectivity index is 1.69. The third-order valence-corrected chi connectivity index (χ3v) is 4.37. The van der Waals surface area contributed by atoms with Crippen LogP contribution in [0.25, 0.3) is 0 Å². The van der Waals surface area contributed by atoms with E-state index in [4.69, 9.17) is 4.74 Å². The molecule has 5 nitrogen and oxygen atoms in total. The number of hydrogen-bond donors (Lipinski definition) is 0. The number of nitrogens with zero attached hydrogens (tertiary/aromatic N) is 4. The van der Waals surface area contributed by atoms with Crippen molar-refractivity contribution in [3.63, 3.8) is 0 Å². The zero-order chi connectivity index (χ0) is 15.5. The molecule has 0 aliphatic carbocycles. The Morgan fingerprint density at radius 1 is 1.32 bits per heavy atom.